The normalized spacial score (nSPS) is 13.2. The maximum atomic E-state index is 12.3. The minimum atomic E-state index is -0.552. The Morgan fingerprint density at radius 2 is 1.88 bits per heavy atom. The van der Waals surface area contributed by atoms with Gasteiger partial charge in [0.25, 0.3) is 5.91 Å². The molecule has 0 saturated carbocycles. The molecule has 2 aromatic rings. The minimum absolute atomic E-state index is 0.0927. The van der Waals surface area contributed by atoms with Crippen LogP contribution in [0.3, 0.4) is 0 Å². The van der Waals surface area contributed by atoms with Crippen molar-refractivity contribution in [3.05, 3.63) is 64.7 Å². The average Bonchev–Trinajstić information content (AvgIpc) is 2.56. The van der Waals surface area contributed by atoms with Crippen molar-refractivity contribution in [3.8, 4) is 5.75 Å². The Morgan fingerprint density at radius 1 is 1.17 bits per heavy atom. The number of hydrogen-bond acceptors (Lipinski definition) is 2. The molecule has 2 aromatic carbocycles. The molecule has 24 heavy (non-hydrogen) atoms. The number of amides is 1. The molecule has 0 bridgehead atoms. The molecule has 0 aliphatic rings. The summed E-state index contributed by atoms with van der Waals surface area (Å²) < 4.78 is 5.75. The first kappa shape index (κ1) is 18.3. The van der Waals surface area contributed by atoms with Crippen molar-refractivity contribution in [1.29, 1.82) is 0 Å². The summed E-state index contributed by atoms with van der Waals surface area (Å²) in [6, 6.07) is 15.7. The average molecular weight is 346 g/mol. The second kappa shape index (κ2) is 8.74. The second-order valence-electron chi connectivity index (χ2n) is 6.10. The quantitative estimate of drug-likeness (QED) is 0.799. The smallest absolute Gasteiger partial charge is 0.260 e. The van der Waals surface area contributed by atoms with Crippen LogP contribution in [0.25, 0.3) is 0 Å². The second-order valence-corrected chi connectivity index (χ2v) is 6.54. The summed E-state index contributed by atoms with van der Waals surface area (Å²) in [5, 5.41) is 3.67. The van der Waals surface area contributed by atoms with E-state index in [0.717, 1.165) is 18.4 Å². The molecule has 3 nitrogen and oxygen atoms in total. The van der Waals surface area contributed by atoms with Gasteiger partial charge in [-0.25, -0.2) is 0 Å². The van der Waals surface area contributed by atoms with E-state index in [0.29, 0.717) is 10.8 Å². The highest BCUT2D eigenvalue weighted by atomic mass is 35.5. The molecule has 128 valence electrons. The van der Waals surface area contributed by atoms with E-state index >= 15 is 0 Å². The predicted molar refractivity (Wildman–Crippen MR) is 98.6 cm³/mol. The van der Waals surface area contributed by atoms with E-state index in [4.69, 9.17) is 16.3 Å². The third-order valence-corrected chi connectivity index (χ3v) is 4.14. The molecule has 0 aromatic heterocycles. The standard InChI is InChI=1S/C20H24ClNO2/c1-14-13-18(21)11-12-19(14)24-16(3)20(23)22-15(2)9-10-17-7-5-4-6-8-17/h4-8,11-13,15-16H,9-10H2,1-3H3,(H,22,23). The van der Waals surface area contributed by atoms with E-state index in [1.807, 2.05) is 38.1 Å². The maximum Gasteiger partial charge on any atom is 0.260 e. The highest BCUT2D eigenvalue weighted by molar-refractivity contribution is 6.30. The lowest BCUT2D eigenvalue weighted by Crippen LogP contribution is -2.41. The highest BCUT2D eigenvalue weighted by Gasteiger charge is 2.17. The van der Waals surface area contributed by atoms with Gasteiger partial charge < -0.3 is 10.1 Å². The topological polar surface area (TPSA) is 38.3 Å². The number of nitrogens with one attached hydrogen (secondary N) is 1. The summed E-state index contributed by atoms with van der Waals surface area (Å²) in [4.78, 5) is 12.3. The summed E-state index contributed by atoms with van der Waals surface area (Å²) in [5.74, 6) is 0.573. The number of benzene rings is 2. The van der Waals surface area contributed by atoms with Crippen molar-refractivity contribution in [2.75, 3.05) is 0 Å². The summed E-state index contributed by atoms with van der Waals surface area (Å²) in [6.45, 7) is 5.68. The van der Waals surface area contributed by atoms with Crippen LogP contribution in [-0.4, -0.2) is 18.1 Å². The van der Waals surface area contributed by atoms with Gasteiger partial charge in [0.1, 0.15) is 5.75 Å². The van der Waals surface area contributed by atoms with Crippen molar-refractivity contribution < 1.29 is 9.53 Å². The van der Waals surface area contributed by atoms with E-state index in [1.165, 1.54) is 5.56 Å². The molecular formula is C20H24ClNO2. The summed E-state index contributed by atoms with van der Waals surface area (Å²) >= 11 is 5.94. The van der Waals surface area contributed by atoms with Gasteiger partial charge in [0.2, 0.25) is 0 Å². The van der Waals surface area contributed by atoms with Gasteiger partial charge in [0.15, 0.2) is 6.10 Å². The Labute approximate surface area is 149 Å². The molecule has 0 aliphatic heterocycles. The van der Waals surface area contributed by atoms with Crippen LogP contribution >= 0.6 is 11.6 Å². The minimum Gasteiger partial charge on any atom is -0.481 e. The highest BCUT2D eigenvalue weighted by Crippen LogP contribution is 2.22. The maximum absolute atomic E-state index is 12.3. The molecule has 0 spiro atoms. The van der Waals surface area contributed by atoms with Crippen molar-refractivity contribution in [3.63, 3.8) is 0 Å². The molecule has 0 heterocycles. The molecule has 0 saturated heterocycles. The van der Waals surface area contributed by atoms with Crippen LogP contribution < -0.4 is 10.1 Å². The molecular weight excluding hydrogens is 322 g/mol. The van der Waals surface area contributed by atoms with Gasteiger partial charge >= 0.3 is 0 Å². The van der Waals surface area contributed by atoms with E-state index in [1.54, 1.807) is 19.1 Å². The van der Waals surface area contributed by atoms with Gasteiger partial charge in [-0.05, 0) is 62.9 Å². The van der Waals surface area contributed by atoms with Crippen LogP contribution in [0.4, 0.5) is 0 Å². The van der Waals surface area contributed by atoms with Gasteiger partial charge in [-0.1, -0.05) is 41.9 Å². The number of carbonyl (C=O) groups is 1. The summed E-state index contributed by atoms with van der Waals surface area (Å²) in [5.41, 5.74) is 2.19. The van der Waals surface area contributed by atoms with Crippen LogP contribution in [0.15, 0.2) is 48.5 Å². The van der Waals surface area contributed by atoms with Crippen LogP contribution in [-0.2, 0) is 11.2 Å². The summed E-state index contributed by atoms with van der Waals surface area (Å²) in [7, 11) is 0. The van der Waals surface area contributed by atoms with Crippen LogP contribution in [0, 0.1) is 6.92 Å². The fourth-order valence-corrected chi connectivity index (χ4v) is 2.68. The SMILES string of the molecule is Cc1cc(Cl)ccc1OC(C)C(=O)NC(C)CCc1ccccc1. The molecule has 0 fully saturated rings. The van der Waals surface area contributed by atoms with Crippen LogP contribution in [0.2, 0.25) is 5.02 Å². The zero-order chi connectivity index (χ0) is 17.5. The number of halogens is 1. The fraction of sp³-hybridized carbons (Fsp3) is 0.350. The lowest BCUT2D eigenvalue weighted by atomic mass is 10.1. The lowest BCUT2D eigenvalue weighted by Gasteiger charge is -2.19. The largest absolute Gasteiger partial charge is 0.481 e. The van der Waals surface area contributed by atoms with E-state index in [-0.39, 0.29) is 11.9 Å². The number of aryl methyl sites for hydroxylation is 2. The van der Waals surface area contributed by atoms with Gasteiger partial charge in [0, 0.05) is 11.1 Å². The van der Waals surface area contributed by atoms with Crippen molar-refractivity contribution in [2.45, 2.75) is 45.8 Å². The first-order chi connectivity index (χ1) is 11.5. The molecule has 2 unspecified atom stereocenters. The zero-order valence-electron chi connectivity index (χ0n) is 14.4. The Bertz CT molecular complexity index is 673. The number of carbonyl (C=O) groups excluding carboxylic acids is 1. The number of hydrogen-bond donors (Lipinski definition) is 1. The van der Waals surface area contributed by atoms with Gasteiger partial charge in [-0.3, -0.25) is 4.79 Å². The first-order valence-corrected chi connectivity index (χ1v) is 8.60. The molecule has 1 N–H and O–H groups in total. The first-order valence-electron chi connectivity index (χ1n) is 8.23. The predicted octanol–water partition coefficient (Wildman–Crippen LogP) is 4.55. The van der Waals surface area contributed by atoms with E-state index < -0.39 is 6.10 Å². The Morgan fingerprint density at radius 3 is 2.54 bits per heavy atom. The Balaban J connectivity index is 1.82. The molecule has 0 aliphatic carbocycles. The number of rotatable bonds is 7. The van der Waals surface area contributed by atoms with E-state index in [9.17, 15) is 4.79 Å². The third-order valence-electron chi connectivity index (χ3n) is 3.91. The van der Waals surface area contributed by atoms with Gasteiger partial charge in [-0.15, -0.1) is 0 Å². The number of ether oxygens (including phenoxy) is 1. The molecule has 2 rings (SSSR count). The Kier molecular flexibility index (Phi) is 6.68. The zero-order valence-corrected chi connectivity index (χ0v) is 15.1. The van der Waals surface area contributed by atoms with Crippen molar-refractivity contribution in [1.82, 2.24) is 5.32 Å². The van der Waals surface area contributed by atoms with E-state index in [2.05, 4.69) is 17.4 Å². The van der Waals surface area contributed by atoms with Crippen molar-refractivity contribution >= 4 is 17.5 Å². The molecule has 2 atom stereocenters. The summed E-state index contributed by atoms with van der Waals surface area (Å²) in [6.07, 6.45) is 1.28. The molecule has 0 radical (unpaired) electrons. The van der Waals surface area contributed by atoms with Gasteiger partial charge in [0.05, 0.1) is 0 Å². The third kappa shape index (κ3) is 5.57. The van der Waals surface area contributed by atoms with Crippen molar-refractivity contribution in [2.24, 2.45) is 0 Å². The molecule has 1 amide bonds. The molecule has 4 heteroatoms. The van der Waals surface area contributed by atoms with Gasteiger partial charge in [-0.2, -0.15) is 0 Å². The monoisotopic (exact) mass is 345 g/mol. The Hall–Kier alpha value is -2.00. The van der Waals surface area contributed by atoms with Crippen LogP contribution in [0.1, 0.15) is 31.4 Å². The fourth-order valence-electron chi connectivity index (χ4n) is 2.45. The lowest BCUT2D eigenvalue weighted by molar-refractivity contribution is -0.127. The van der Waals surface area contributed by atoms with Crippen LogP contribution in [0.5, 0.6) is 5.75 Å².